The number of nitrogens with two attached hydrogens (primary N) is 1. The van der Waals surface area contributed by atoms with Gasteiger partial charge >= 0.3 is 0 Å². The topological polar surface area (TPSA) is 59.1 Å². The number of hydrogen-bond acceptors (Lipinski definition) is 5. The predicted octanol–water partition coefficient (Wildman–Crippen LogP) is 1.05. The van der Waals surface area contributed by atoms with Gasteiger partial charge < -0.3 is 10.8 Å². The summed E-state index contributed by atoms with van der Waals surface area (Å²) in [5.41, 5.74) is 4.84. The Balaban J connectivity index is 2.28. The normalized spacial score (nSPS) is 29.4. The van der Waals surface area contributed by atoms with Gasteiger partial charge in [0, 0.05) is 11.9 Å². The Morgan fingerprint density at radius 1 is 1.67 bits per heavy atom. The minimum Gasteiger partial charge on any atom is -0.383 e. The van der Waals surface area contributed by atoms with Crippen LogP contribution >= 0.6 is 23.1 Å². The Bertz CT molecular complexity index is 281. The average molecular weight is 202 g/mol. The fourth-order valence-electron chi connectivity index (χ4n) is 1.25. The lowest BCUT2D eigenvalue weighted by atomic mass is 10.0. The highest BCUT2D eigenvalue weighted by atomic mass is 32.2. The van der Waals surface area contributed by atoms with E-state index in [1.165, 1.54) is 11.3 Å². The van der Waals surface area contributed by atoms with E-state index in [-0.39, 0.29) is 0 Å². The molecule has 0 aromatic carbocycles. The molecule has 5 heteroatoms. The molecule has 1 aliphatic rings. The minimum absolute atomic E-state index is 0.537. The van der Waals surface area contributed by atoms with Crippen LogP contribution in [0.3, 0.4) is 0 Å². The van der Waals surface area contributed by atoms with E-state index in [1.54, 1.807) is 18.0 Å². The van der Waals surface area contributed by atoms with Crippen LogP contribution in [0.5, 0.6) is 0 Å². The molecule has 0 saturated carbocycles. The van der Waals surface area contributed by atoms with Crippen molar-refractivity contribution < 1.29 is 5.11 Å². The number of rotatable bonds is 1. The van der Waals surface area contributed by atoms with E-state index in [1.807, 2.05) is 0 Å². The smallest absolute Gasteiger partial charge is 0.180 e. The SMILES string of the molecule is Nc1ncc(C2(O)CCSC2)s1. The molecular weight excluding hydrogens is 192 g/mol. The largest absolute Gasteiger partial charge is 0.383 e. The van der Waals surface area contributed by atoms with Crippen molar-refractivity contribution >= 4 is 28.2 Å². The average Bonchev–Trinajstić information content (AvgIpc) is 2.59. The molecule has 1 aromatic heterocycles. The third-order valence-electron chi connectivity index (χ3n) is 1.98. The summed E-state index contributed by atoms with van der Waals surface area (Å²) in [5, 5.41) is 10.6. The third kappa shape index (κ3) is 1.32. The summed E-state index contributed by atoms with van der Waals surface area (Å²) < 4.78 is 0. The number of thiazole rings is 1. The van der Waals surface area contributed by atoms with Gasteiger partial charge in [-0.3, -0.25) is 0 Å². The van der Waals surface area contributed by atoms with Crippen LogP contribution in [0, 0.1) is 0 Å². The highest BCUT2D eigenvalue weighted by Crippen LogP contribution is 2.39. The van der Waals surface area contributed by atoms with Gasteiger partial charge in [0.05, 0.1) is 4.88 Å². The molecule has 1 aromatic rings. The summed E-state index contributed by atoms with van der Waals surface area (Å²) >= 11 is 3.16. The van der Waals surface area contributed by atoms with Crippen LogP contribution in [-0.4, -0.2) is 21.6 Å². The van der Waals surface area contributed by atoms with Crippen LogP contribution in [0.1, 0.15) is 11.3 Å². The molecular formula is C7H10N2OS2. The van der Waals surface area contributed by atoms with E-state index in [0.717, 1.165) is 22.8 Å². The first-order valence-corrected chi connectivity index (χ1v) is 5.70. The number of hydrogen-bond donors (Lipinski definition) is 2. The van der Waals surface area contributed by atoms with Gasteiger partial charge in [0.2, 0.25) is 0 Å². The summed E-state index contributed by atoms with van der Waals surface area (Å²) in [4.78, 5) is 4.84. The second-order valence-corrected chi connectivity index (χ2v) is 5.06. The van der Waals surface area contributed by atoms with Crippen molar-refractivity contribution in [2.24, 2.45) is 0 Å². The molecule has 66 valence electrons. The molecule has 2 heterocycles. The van der Waals surface area contributed by atoms with Crippen LogP contribution in [-0.2, 0) is 5.60 Å². The molecule has 12 heavy (non-hydrogen) atoms. The minimum atomic E-state index is -0.653. The van der Waals surface area contributed by atoms with Gasteiger partial charge in [-0.15, -0.1) is 0 Å². The van der Waals surface area contributed by atoms with Crippen LogP contribution in [0.4, 0.5) is 5.13 Å². The Labute approximate surface area is 79.0 Å². The molecule has 0 aliphatic carbocycles. The molecule has 1 fully saturated rings. The molecule has 1 atom stereocenters. The molecule has 3 N–H and O–H groups in total. The van der Waals surface area contributed by atoms with Crippen LogP contribution < -0.4 is 5.73 Å². The van der Waals surface area contributed by atoms with Gasteiger partial charge in [-0.25, -0.2) is 4.98 Å². The molecule has 0 bridgehead atoms. The molecule has 1 aliphatic heterocycles. The highest BCUT2D eigenvalue weighted by Gasteiger charge is 2.35. The van der Waals surface area contributed by atoms with Crippen molar-refractivity contribution in [2.45, 2.75) is 12.0 Å². The number of anilines is 1. The zero-order chi connectivity index (χ0) is 8.60. The number of nitrogen functional groups attached to an aromatic ring is 1. The number of nitrogens with zero attached hydrogens (tertiary/aromatic N) is 1. The maximum atomic E-state index is 10.1. The van der Waals surface area contributed by atoms with Gasteiger partial charge in [0.25, 0.3) is 0 Å². The summed E-state index contributed by atoms with van der Waals surface area (Å²) in [6.07, 6.45) is 2.51. The molecule has 0 spiro atoms. The van der Waals surface area contributed by atoms with Crippen LogP contribution in [0.2, 0.25) is 0 Å². The lowest BCUT2D eigenvalue weighted by Gasteiger charge is -2.17. The molecule has 1 saturated heterocycles. The first-order valence-electron chi connectivity index (χ1n) is 3.73. The standard InChI is InChI=1S/C7H10N2OS2/c8-6-9-3-5(12-6)7(10)1-2-11-4-7/h3,10H,1-2,4H2,(H2,8,9). The summed E-state index contributed by atoms with van der Waals surface area (Å²) in [6, 6.07) is 0. The first-order chi connectivity index (χ1) is 5.71. The van der Waals surface area contributed by atoms with Gasteiger partial charge in [0.1, 0.15) is 5.60 Å². The van der Waals surface area contributed by atoms with E-state index in [9.17, 15) is 5.11 Å². The van der Waals surface area contributed by atoms with E-state index < -0.39 is 5.60 Å². The number of thioether (sulfide) groups is 1. The van der Waals surface area contributed by atoms with Crippen LogP contribution in [0.15, 0.2) is 6.20 Å². The lowest BCUT2D eigenvalue weighted by molar-refractivity contribution is 0.0694. The summed E-state index contributed by atoms with van der Waals surface area (Å²) in [5.74, 6) is 1.79. The van der Waals surface area contributed by atoms with Gasteiger partial charge in [-0.05, 0) is 12.2 Å². The summed E-state index contributed by atoms with van der Waals surface area (Å²) in [6.45, 7) is 0. The van der Waals surface area contributed by atoms with Gasteiger partial charge in [-0.2, -0.15) is 11.8 Å². The highest BCUT2D eigenvalue weighted by molar-refractivity contribution is 7.99. The quantitative estimate of drug-likeness (QED) is 0.714. The van der Waals surface area contributed by atoms with Crippen molar-refractivity contribution in [1.82, 2.24) is 4.98 Å². The maximum absolute atomic E-state index is 10.1. The van der Waals surface area contributed by atoms with E-state index >= 15 is 0 Å². The van der Waals surface area contributed by atoms with Gasteiger partial charge in [-0.1, -0.05) is 11.3 Å². The Morgan fingerprint density at radius 2 is 2.50 bits per heavy atom. The van der Waals surface area contributed by atoms with E-state index in [4.69, 9.17) is 5.73 Å². The second kappa shape index (κ2) is 2.90. The number of aliphatic hydroxyl groups is 1. The lowest BCUT2D eigenvalue weighted by Crippen LogP contribution is -2.23. The Hall–Kier alpha value is -0.260. The second-order valence-electron chi connectivity index (χ2n) is 2.90. The summed E-state index contributed by atoms with van der Waals surface area (Å²) in [7, 11) is 0. The molecule has 1 unspecified atom stereocenters. The Morgan fingerprint density at radius 3 is 3.00 bits per heavy atom. The van der Waals surface area contributed by atoms with Crippen molar-refractivity contribution in [2.75, 3.05) is 17.2 Å². The fourth-order valence-corrected chi connectivity index (χ4v) is 3.41. The molecule has 0 amide bonds. The zero-order valence-corrected chi connectivity index (χ0v) is 8.12. The van der Waals surface area contributed by atoms with Gasteiger partial charge in [0.15, 0.2) is 5.13 Å². The Kier molecular flexibility index (Phi) is 2.02. The zero-order valence-electron chi connectivity index (χ0n) is 6.49. The molecule has 3 nitrogen and oxygen atoms in total. The third-order valence-corrected chi connectivity index (χ3v) is 4.18. The van der Waals surface area contributed by atoms with Crippen molar-refractivity contribution in [3.8, 4) is 0 Å². The van der Waals surface area contributed by atoms with Crippen molar-refractivity contribution in [3.05, 3.63) is 11.1 Å². The molecule has 2 rings (SSSR count). The monoisotopic (exact) mass is 202 g/mol. The number of aromatic nitrogens is 1. The molecule has 0 radical (unpaired) electrons. The predicted molar refractivity (Wildman–Crippen MR) is 52.4 cm³/mol. The van der Waals surface area contributed by atoms with Crippen LogP contribution in [0.25, 0.3) is 0 Å². The van der Waals surface area contributed by atoms with Crippen molar-refractivity contribution in [1.29, 1.82) is 0 Å². The fraction of sp³-hybridized carbons (Fsp3) is 0.571. The maximum Gasteiger partial charge on any atom is 0.180 e. The van der Waals surface area contributed by atoms with Crippen molar-refractivity contribution in [3.63, 3.8) is 0 Å². The van der Waals surface area contributed by atoms with E-state index in [0.29, 0.717) is 5.13 Å². The van der Waals surface area contributed by atoms with E-state index in [2.05, 4.69) is 4.98 Å². The first kappa shape index (κ1) is 8.34.